The van der Waals surface area contributed by atoms with Gasteiger partial charge in [-0.1, -0.05) is 0 Å². The molecule has 0 saturated carbocycles. The quantitative estimate of drug-likeness (QED) is 0.0317. The van der Waals surface area contributed by atoms with Crippen molar-refractivity contribution in [3.8, 4) is 0 Å². The van der Waals surface area contributed by atoms with E-state index in [-0.39, 0.29) is 22.1 Å². The summed E-state index contributed by atoms with van der Waals surface area (Å²) < 4.78 is 457. The Morgan fingerprint density at radius 2 is 0.462 bits per heavy atom. The van der Waals surface area contributed by atoms with Crippen LogP contribution in [0.3, 0.4) is 0 Å². The molecule has 0 radical (unpaired) electrons. The molecule has 0 atom stereocenters. The molecule has 42 heteroatoms. The summed E-state index contributed by atoms with van der Waals surface area (Å²) in [6, 6.07) is -3.12. The third-order valence-corrected chi connectivity index (χ3v) is 11.3. The number of carbonyl (C=O) groups is 2. The number of rotatable bonds is 31. The molecule has 0 aromatic heterocycles. The molecular formula is C36H44F34N6O2+2. The van der Waals surface area contributed by atoms with Crippen LogP contribution < -0.4 is 21.3 Å². The molecule has 466 valence electrons. The molecule has 0 aliphatic rings. The van der Waals surface area contributed by atoms with E-state index in [0.29, 0.717) is 38.8 Å². The maximum absolute atomic E-state index is 14.1. The maximum atomic E-state index is 14.1. The lowest BCUT2D eigenvalue weighted by atomic mass is 9.88. The molecular weight excluding hydrogens is 1190 g/mol. The SMILES string of the molecule is C[N+](C)(CCCCCC[N+](C)(C)CCNC(=O)NCCC(F)(F)C(F)(F)C(F)(F)C(F)(F)C(F)(F)C(F)(F)C(F)(F)C(F)(F)F)CCNC(=O)NCCC(F)(F)C(F)(F)C(F)(F)C(F)(F)C(F)(F)C(F)(F)C(F)(F)C(F)(F)F. The van der Waals surface area contributed by atoms with Crippen LogP contribution in [0, 0.1) is 0 Å². The summed E-state index contributed by atoms with van der Waals surface area (Å²) in [4.78, 5) is 23.9. The van der Waals surface area contributed by atoms with Gasteiger partial charge in [0, 0.05) is 25.9 Å². The summed E-state index contributed by atoms with van der Waals surface area (Å²) in [6.45, 7) is -4.07. The van der Waals surface area contributed by atoms with Gasteiger partial charge in [-0.25, -0.2) is 9.59 Å². The number of quaternary nitrogens is 2. The first-order valence-electron chi connectivity index (χ1n) is 21.0. The predicted molar refractivity (Wildman–Crippen MR) is 196 cm³/mol. The standard InChI is InChI=1S/C36H42F34N6O2/c1-75(2,17-13-73-19(77)71-11-9-21(37,38)23(41,42)25(45,46)27(49,50)29(53,54)31(57,58)33(61,62)35(65,66)67)15-7-5-6-8-16-76(3,4)18-14-74-20(78)72-12-10-22(39,40)24(43,44)26(47,48)28(51,52)30(55,56)32(59,60)34(63,64)36(68,69)70/h5-18H2,1-4H3,(H2-2,71,72,73,74,77,78)/p+2. The lowest BCUT2D eigenvalue weighted by Crippen LogP contribution is -2.74. The van der Waals surface area contributed by atoms with Crippen molar-refractivity contribution in [2.75, 3.05) is 80.5 Å². The summed E-state index contributed by atoms with van der Waals surface area (Å²) in [5.74, 6) is -115. The molecule has 4 N–H and O–H groups in total. The van der Waals surface area contributed by atoms with Crippen LogP contribution in [0.15, 0.2) is 0 Å². The van der Waals surface area contributed by atoms with Gasteiger partial charge in [0.25, 0.3) is 0 Å². The predicted octanol–water partition coefficient (Wildman–Crippen LogP) is 12.1. The van der Waals surface area contributed by atoms with Gasteiger partial charge in [0.05, 0.1) is 67.5 Å². The smallest absolute Gasteiger partial charge is 0.338 e. The Balaban J connectivity index is 5.07. The molecule has 0 aliphatic heterocycles. The largest absolute Gasteiger partial charge is 0.460 e. The highest BCUT2D eigenvalue weighted by molar-refractivity contribution is 5.74. The lowest BCUT2D eigenvalue weighted by Gasteiger charge is -2.42. The first kappa shape index (κ1) is 74.1. The zero-order valence-corrected chi connectivity index (χ0v) is 39.5. The molecule has 0 rings (SSSR count). The van der Waals surface area contributed by atoms with Crippen LogP contribution in [0.5, 0.6) is 0 Å². The van der Waals surface area contributed by atoms with E-state index in [2.05, 4.69) is 0 Å². The maximum Gasteiger partial charge on any atom is 0.460 e. The second kappa shape index (κ2) is 23.1. The van der Waals surface area contributed by atoms with Crippen molar-refractivity contribution in [1.82, 2.24) is 21.3 Å². The van der Waals surface area contributed by atoms with E-state index in [0.717, 1.165) is 0 Å². The van der Waals surface area contributed by atoms with Crippen molar-refractivity contribution in [3.05, 3.63) is 0 Å². The lowest BCUT2D eigenvalue weighted by molar-refractivity contribution is -0.890. The van der Waals surface area contributed by atoms with Gasteiger partial charge < -0.3 is 30.2 Å². The van der Waals surface area contributed by atoms with Crippen LogP contribution in [0.2, 0.25) is 0 Å². The summed E-state index contributed by atoms with van der Waals surface area (Å²) in [7, 11) is 6.18. The molecule has 8 nitrogen and oxygen atoms in total. The number of nitrogens with one attached hydrogen (secondary N) is 4. The number of nitrogens with zero attached hydrogens (tertiary/aromatic N) is 2. The van der Waals surface area contributed by atoms with E-state index >= 15 is 0 Å². The summed E-state index contributed by atoms with van der Waals surface area (Å²) >= 11 is 0. The third-order valence-electron chi connectivity index (χ3n) is 11.3. The van der Waals surface area contributed by atoms with Gasteiger partial charge in [0.15, 0.2) is 0 Å². The molecule has 4 amide bonds. The molecule has 0 unspecified atom stereocenters. The highest BCUT2D eigenvalue weighted by Crippen LogP contribution is 2.66. The van der Waals surface area contributed by atoms with Crippen LogP contribution in [-0.4, -0.2) is 197 Å². The van der Waals surface area contributed by atoms with Gasteiger partial charge in [-0.2, -0.15) is 149 Å². The van der Waals surface area contributed by atoms with Gasteiger partial charge in [-0.15, -0.1) is 0 Å². The van der Waals surface area contributed by atoms with Crippen LogP contribution in [0.1, 0.15) is 38.5 Å². The van der Waals surface area contributed by atoms with Gasteiger partial charge in [0.1, 0.15) is 0 Å². The third kappa shape index (κ3) is 14.0. The second-order valence-electron chi connectivity index (χ2n) is 18.3. The van der Waals surface area contributed by atoms with Crippen molar-refractivity contribution in [2.45, 2.75) is 134 Å². The fourth-order valence-corrected chi connectivity index (χ4v) is 6.10. The normalized spacial score (nSPS) is 15.6. The number of unbranched alkanes of at least 4 members (excludes halogenated alkanes) is 3. The van der Waals surface area contributed by atoms with E-state index in [4.69, 9.17) is 0 Å². The molecule has 0 heterocycles. The Bertz CT molecular complexity index is 1850. The number of carbonyl (C=O) groups excluding carboxylic acids is 2. The molecule has 0 spiro atoms. The highest BCUT2D eigenvalue weighted by Gasteiger charge is 2.97. The molecule has 0 aromatic carbocycles. The van der Waals surface area contributed by atoms with Crippen LogP contribution >= 0.6 is 0 Å². The number of alkyl halides is 34. The second-order valence-corrected chi connectivity index (χ2v) is 18.3. The van der Waals surface area contributed by atoms with Gasteiger partial charge in [0.2, 0.25) is 0 Å². The average molecular weight is 1240 g/mol. The first-order valence-corrected chi connectivity index (χ1v) is 21.0. The van der Waals surface area contributed by atoms with Gasteiger partial charge in [-0.05, 0) is 25.7 Å². The Kier molecular flexibility index (Phi) is 22.0. The minimum absolute atomic E-state index is 0.0304. The van der Waals surface area contributed by atoms with E-state index in [1.807, 2.05) is 10.6 Å². The van der Waals surface area contributed by atoms with Crippen LogP contribution in [0.25, 0.3) is 0 Å². The average Bonchev–Trinajstić information content (AvgIpc) is 3.22. The van der Waals surface area contributed by atoms with E-state index < -0.39 is 146 Å². The van der Waals surface area contributed by atoms with E-state index in [1.165, 1.54) is 10.6 Å². The first-order chi connectivity index (χ1) is 33.9. The monoisotopic (exact) mass is 1240 g/mol. The number of amides is 4. The molecule has 78 heavy (non-hydrogen) atoms. The molecule has 0 aliphatic carbocycles. The summed E-state index contributed by atoms with van der Waals surface area (Å²) in [5.41, 5.74) is 0. The Labute approximate surface area is 416 Å². The Morgan fingerprint density at radius 3 is 0.679 bits per heavy atom. The minimum atomic E-state index is -8.79. The van der Waals surface area contributed by atoms with E-state index in [9.17, 15) is 159 Å². The fourth-order valence-electron chi connectivity index (χ4n) is 6.10. The molecule has 0 aromatic rings. The fraction of sp³-hybridized carbons (Fsp3) is 0.944. The number of urea groups is 2. The minimum Gasteiger partial charge on any atom is -0.338 e. The molecule has 0 fully saturated rings. The van der Waals surface area contributed by atoms with Crippen LogP contribution in [0.4, 0.5) is 159 Å². The summed E-state index contributed by atoms with van der Waals surface area (Å²) in [5, 5.41) is 6.56. The Morgan fingerprint density at radius 1 is 0.269 bits per heavy atom. The number of likely N-dealkylation sites (N-methyl/N-ethyl adjacent to an activating group) is 2. The van der Waals surface area contributed by atoms with Crippen molar-refractivity contribution in [2.24, 2.45) is 0 Å². The van der Waals surface area contributed by atoms with E-state index in [1.54, 1.807) is 28.2 Å². The summed E-state index contributed by atoms with van der Waals surface area (Å²) in [6.07, 6.45) is -19.8. The van der Waals surface area contributed by atoms with Gasteiger partial charge >= 0.3 is 107 Å². The number of halogens is 34. The van der Waals surface area contributed by atoms with Crippen molar-refractivity contribution in [1.29, 1.82) is 0 Å². The zero-order valence-electron chi connectivity index (χ0n) is 39.5. The highest BCUT2D eigenvalue weighted by atomic mass is 19.4. The zero-order chi connectivity index (χ0) is 62.9. The van der Waals surface area contributed by atoms with Crippen molar-refractivity contribution < 1.29 is 168 Å². The number of hydrogen-bond donors (Lipinski definition) is 4. The van der Waals surface area contributed by atoms with Crippen molar-refractivity contribution in [3.63, 3.8) is 0 Å². The van der Waals surface area contributed by atoms with Crippen molar-refractivity contribution >= 4 is 12.1 Å². The topological polar surface area (TPSA) is 82.3 Å². The Hall–Kier alpha value is -3.92. The molecule has 0 bridgehead atoms. The molecule has 0 saturated heterocycles. The van der Waals surface area contributed by atoms with Crippen LogP contribution in [-0.2, 0) is 0 Å². The number of hydrogen-bond acceptors (Lipinski definition) is 2. The van der Waals surface area contributed by atoms with Gasteiger partial charge in [-0.3, -0.25) is 0 Å².